The van der Waals surface area contributed by atoms with Crippen molar-refractivity contribution in [3.05, 3.63) is 11.6 Å². The molecule has 1 spiro atoms. The summed E-state index contributed by atoms with van der Waals surface area (Å²) in [5.74, 6) is 4.33. The van der Waals surface area contributed by atoms with Crippen LogP contribution in [0.1, 0.15) is 105 Å². The van der Waals surface area contributed by atoms with Gasteiger partial charge in [0.25, 0.3) is 0 Å². The molecule has 5 rings (SSSR count). The number of hydrogen-bond donors (Lipinski definition) is 1. The second kappa shape index (κ2) is 7.44. The third kappa shape index (κ3) is 3.17. The normalized spacial score (nSPS) is 46.2. The summed E-state index contributed by atoms with van der Waals surface area (Å²) in [5.41, 5.74) is 2.49. The molecule has 4 saturated carbocycles. The molecule has 2 heteroatoms. The van der Waals surface area contributed by atoms with Crippen molar-refractivity contribution in [2.75, 3.05) is 0 Å². The first-order chi connectivity index (χ1) is 14.6. The second-order valence-corrected chi connectivity index (χ2v) is 13.3. The number of hydrogen-bond acceptors (Lipinski definition) is 2. The standard InChI is InChI=1S/C29H46O2/c1-18(2)6-10-24(30)19(3)21-8-9-22-20-7-11-25-28(5,23(20)12-14-27(21,22)4)15-13-26(31)29(25)16-17-29/h11,18-23,26,31H,6-10,12-17H2,1-5H3/t19-,20-,21+,22-,23-,26?,27+,28+/m0/s1. The monoisotopic (exact) mass is 426 g/mol. The largest absolute Gasteiger partial charge is 0.392 e. The van der Waals surface area contributed by atoms with Gasteiger partial charge in [-0.1, -0.05) is 46.3 Å². The molecule has 31 heavy (non-hydrogen) atoms. The van der Waals surface area contributed by atoms with Gasteiger partial charge in [-0.25, -0.2) is 0 Å². The highest BCUT2D eigenvalue weighted by molar-refractivity contribution is 5.81. The Morgan fingerprint density at radius 1 is 1.03 bits per heavy atom. The second-order valence-electron chi connectivity index (χ2n) is 13.3. The number of ketones is 1. The Kier molecular flexibility index (Phi) is 5.32. The van der Waals surface area contributed by atoms with Crippen molar-refractivity contribution in [3.63, 3.8) is 0 Å². The van der Waals surface area contributed by atoms with Crippen LogP contribution in [-0.4, -0.2) is 17.0 Å². The van der Waals surface area contributed by atoms with Gasteiger partial charge in [0.05, 0.1) is 6.10 Å². The molecule has 5 aliphatic rings. The lowest BCUT2D eigenvalue weighted by Crippen LogP contribution is -2.53. The molecule has 2 nitrogen and oxygen atoms in total. The SMILES string of the molecule is CC(C)CCC(=O)[C@@H](C)[C@H]1CC[C@H]2[C@@H]3CC=C4C5(CC5)C(O)CC[C@]4(C)[C@H]3CC[C@]12C. The first-order valence-electron chi connectivity index (χ1n) is 13.6. The summed E-state index contributed by atoms with van der Waals surface area (Å²) in [7, 11) is 0. The van der Waals surface area contributed by atoms with Crippen LogP contribution in [0, 0.1) is 51.8 Å². The first kappa shape index (κ1) is 22.2. The zero-order valence-electron chi connectivity index (χ0n) is 20.8. The van der Waals surface area contributed by atoms with Crippen LogP contribution in [0.25, 0.3) is 0 Å². The van der Waals surface area contributed by atoms with Crippen LogP contribution in [0.15, 0.2) is 11.6 Å². The van der Waals surface area contributed by atoms with Crippen molar-refractivity contribution in [2.24, 2.45) is 51.8 Å². The van der Waals surface area contributed by atoms with Crippen molar-refractivity contribution in [1.29, 1.82) is 0 Å². The molecule has 5 aliphatic carbocycles. The molecule has 1 unspecified atom stereocenters. The summed E-state index contributed by atoms with van der Waals surface area (Å²) >= 11 is 0. The predicted molar refractivity (Wildman–Crippen MR) is 126 cm³/mol. The fraction of sp³-hybridized carbons (Fsp3) is 0.897. The Hall–Kier alpha value is -0.630. The summed E-state index contributed by atoms with van der Waals surface area (Å²) in [4.78, 5) is 13.0. The zero-order valence-corrected chi connectivity index (χ0v) is 20.8. The third-order valence-corrected chi connectivity index (χ3v) is 11.5. The summed E-state index contributed by atoms with van der Waals surface area (Å²) in [6, 6.07) is 0. The number of rotatable bonds is 5. The van der Waals surface area contributed by atoms with E-state index in [1.165, 1.54) is 51.4 Å². The average Bonchev–Trinajstić information content (AvgIpc) is 3.44. The van der Waals surface area contributed by atoms with Crippen LogP contribution in [0.3, 0.4) is 0 Å². The van der Waals surface area contributed by atoms with Crippen molar-refractivity contribution in [2.45, 2.75) is 111 Å². The van der Waals surface area contributed by atoms with E-state index in [9.17, 15) is 9.90 Å². The highest BCUT2D eigenvalue weighted by atomic mass is 16.3. The first-order valence-corrected chi connectivity index (χ1v) is 13.6. The number of allylic oxidation sites excluding steroid dienone is 1. The van der Waals surface area contributed by atoms with Crippen LogP contribution in [0.2, 0.25) is 0 Å². The van der Waals surface area contributed by atoms with E-state index >= 15 is 0 Å². The van der Waals surface area contributed by atoms with Gasteiger partial charge in [-0.05, 0) is 105 Å². The van der Waals surface area contributed by atoms with Crippen LogP contribution < -0.4 is 0 Å². The van der Waals surface area contributed by atoms with E-state index in [2.05, 4.69) is 40.7 Å². The van der Waals surface area contributed by atoms with Gasteiger partial charge in [0.1, 0.15) is 5.78 Å². The topological polar surface area (TPSA) is 37.3 Å². The Morgan fingerprint density at radius 2 is 1.77 bits per heavy atom. The molecule has 4 fully saturated rings. The summed E-state index contributed by atoms with van der Waals surface area (Å²) in [5, 5.41) is 10.8. The maximum absolute atomic E-state index is 13.0. The van der Waals surface area contributed by atoms with Crippen LogP contribution in [0.5, 0.6) is 0 Å². The summed E-state index contributed by atoms with van der Waals surface area (Å²) < 4.78 is 0. The highest BCUT2D eigenvalue weighted by Crippen LogP contribution is 2.72. The van der Waals surface area contributed by atoms with Crippen LogP contribution >= 0.6 is 0 Å². The van der Waals surface area contributed by atoms with Gasteiger partial charge < -0.3 is 5.11 Å². The molecule has 8 atom stereocenters. The predicted octanol–water partition coefficient (Wildman–Crippen LogP) is 6.96. The summed E-state index contributed by atoms with van der Waals surface area (Å²) in [6.07, 6.45) is 15.4. The molecule has 1 N–H and O–H groups in total. The Bertz CT molecular complexity index is 761. The van der Waals surface area contributed by atoms with Gasteiger partial charge in [-0.3, -0.25) is 4.79 Å². The molecule has 0 aliphatic heterocycles. The van der Waals surface area contributed by atoms with Gasteiger partial charge in [0.2, 0.25) is 0 Å². The highest BCUT2D eigenvalue weighted by Gasteiger charge is 2.65. The Morgan fingerprint density at radius 3 is 2.45 bits per heavy atom. The van der Waals surface area contributed by atoms with Crippen LogP contribution in [-0.2, 0) is 4.79 Å². The molecule has 0 aromatic heterocycles. The minimum atomic E-state index is -0.0919. The van der Waals surface area contributed by atoms with Gasteiger partial charge in [-0.15, -0.1) is 0 Å². The van der Waals surface area contributed by atoms with E-state index in [4.69, 9.17) is 0 Å². The zero-order chi connectivity index (χ0) is 22.2. The molecular formula is C29H46O2. The van der Waals surface area contributed by atoms with E-state index in [0.717, 1.165) is 37.0 Å². The van der Waals surface area contributed by atoms with Gasteiger partial charge >= 0.3 is 0 Å². The lowest BCUT2D eigenvalue weighted by atomic mass is 9.45. The Balaban J connectivity index is 1.37. The number of aliphatic hydroxyl groups is 1. The molecule has 0 aromatic carbocycles. The maximum atomic E-state index is 13.0. The van der Waals surface area contributed by atoms with Gasteiger partial charge in [0.15, 0.2) is 0 Å². The minimum absolute atomic E-state index is 0.0919. The molecule has 174 valence electrons. The van der Waals surface area contributed by atoms with E-state index in [0.29, 0.717) is 28.4 Å². The Labute approximate surface area is 190 Å². The molecule has 0 amide bonds. The van der Waals surface area contributed by atoms with Gasteiger partial charge in [0, 0.05) is 17.8 Å². The fourth-order valence-corrected chi connectivity index (χ4v) is 9.56. The van der Waals surface area contributed by atoms with E-state index in [1.807, 2.05) is 0 Å². The number of carbonyl (C=O) groups is 1. The number of Topliss-reactive ketones (excluding diaryl/α,β-unsaturated/α-hetero) is 1. The number of aliphatic hydroxyl groups excluding tert-OH is 1. The van der Waals surface area contributed by atoms with Crippen molar-refractivity contribution >= 4 is 5.78 Å². The van der Waals surface area contributed by atoms with Crippen LogP contribution in [0.4, 0.5) is 0 Å². The smallest absolute Gasteiger partial charge is 0.136 e. The molecule has 0 saturated heterocycles. The molecule has 0 aromatic rings. The van der Waals surface area contributed by atoms with E-state index in [-0.39, 0.29) is 17.4 Å². The molecular weight excluding hydrogens is 380 g/mol. The lowest BCUT2D eigenvalue weighted by molar-refractivity contribution is -0.127. The van der Waals surface area contributed by atoms with Crippen molar-refractivity contribution < 1.29 is 9.90 Å². The van der Waals surface area contributed by atoms with Gasteiger partial charge in [-0.2, -0.15) is 0 Å². The minimum Gasteiger partial charge on any atom is -0.392 e. The number of fused-ring (bicyclic) bond motifs is 6. The van der Waals surface area contributed by atoms with E-state index in [1.54, 1.807) is 5.57 Å². The summed E-state index contributed by atoms with van der Waals surface area (Å²) in [6.45, 7) is 11.8. The third-order valence-electron chi connectivity index (χ3n) is 11.5. The van der Waals surface area contributed by atoms with E-state index < -0.39 is 0 Å². The fourth-order valence-electron chi connectivity index (χ4n) is 9.56. The average molecular weight is 427 g/mol. The maximum Gasteiger partial charge on any atom is 0.136 e. The molecule has 0 radical (unpaired) electrons. The molecule has 0 heterocycles. The van der Waals surface area contributed by atoms with Crippen molar-refractivity contribution in [3.8, 4) is 0 Å². The lowest BCUT2D eigenvalue weighted by Gasteiger charge is -2.60. The molecule has 0 bridgehead atoms. The quantitative estimate of drug-likeness (QED) is 0.483. The number of carbonyl (C=O) groups excluding carboxylic acids is 1. The van der Waals surface area contributed by atoms with Crippen molar-refractivity contribution in [1.82, 2.24) is 0 Å².